The number of aromatic hydroxyl groups is 1. The number of benzene rings is 2. The van der Waals surface area contributed by atoms with E-state index in [-0.39, 0.29) is 16.3 Å². The third-order valence-electron chi connectivity index (χ3n) is 2.08. The minimum atomic E-state index is -0.623. The van der Waals surface area contributed by atoms with E-state index in [2.05, 4.69) is 6.07 Å². The monoisotopic (exact) mass is 255 g/mol. The number of halogens is 3. The molecule has 0 aliphatic heterocycles. The lowest BCUT2D eigenvalue weighted by molar-refractivity contribution is 0.472. The SMILES string of the molecule is Oc1[c]c(Cl)c(F)c(-c2cccc(Cl)c2)c1. The Balaban J connectivity index is 2.64. The molecule has 0 aromatic heterocycles. The van der Waals surface area contributed by atoms with E-state index < -0.39 is 5.82 Å². The Hall–Kier alpha value is -1.25. The lowest BCUT2D eigenvalue weighted by Crippen LogP contribution is -1.86. The van der Waals surface area contributed by atoms with Crippen molar-refractivity contribution < 1.29 is 9.50 Å². The van der Waals surface area contributed by atoms with Crippen LogP contribution in [-0.2, 0) is 0 Å². The largest absolute Gasteiger partial charge is 0.507 e. The van der Waals surface area contributed by atoms with E-state index in [1.165, 1.54) is 6.07 Å². The van der Waals surface area contributed by atoms with Crippen LogP contribution in [0.1, 0.15) is 0 Å². The van der Waals surface area contributed by atoms with Crippen molar-refractivity contribution in [2.24, 2.45) is 0 Å². The van der Waals surface area contributed by atoms with Crippen molar-refractivity contribution in [3.05, 3.63) is 52.3 Å². The lowest BCUT2D eigenvalue weighted by Gasteiger charge is -2.06. The smallest absolute Gasteiger partial charge is 0.150 e. The van der Waals surface area contributed by atoms with Crippen molar-refractivity contribution in [3.63, 3.8) is 0 Å². The van der Waals surface area contributed by atoms with Crippen LogP contribution >= 0.6 is 23.2 Å². The topological polar surface area (TPSA) is 20.2 Å². The van der Waals surface area contributed by atoms with E-state index >= 15 is 0 Å². The molecule has 0 fully saturated rings. The summed E-state index contributed by atoms with van der Waals surface area (Å²) in [4.78, 5) is 0. The van der Waals surface area contributed by atoms with Crippen molar-refractivity contribution in [1.29, 1.82) is 0 Å². The molecule has 0 unspecified atom stereocenters. The zero-order valence-electron chi connectivity index (χ0n) is 7.97. The third-order valence-corrected chi connectivity index (χ3v) is 2.58. The van der Waals surface area contributed by atoms with Gasteiger partial charge in [0.05, 0.1) is 11.1 Å². The molecule has 81 valence electrons. The molecule has 0 aliphatic carbocycles. The van der Waals surface area contributed by atoms with Gasteiger partial charge in [0.2, 0.25) is 0 Å². The molecule has 1 radical (unpaired) electrons. The second-order valence-corrected chi connectivity index (χ2v) is 4.02. The minimum absolute atomic E-state index is 0.198. The highest BCUT2D eigenvalue weighted by molar-refractivity contribution is 6.31. The molecule has 0 saturated heterocycles. The molecule has 0 heterocycles. The Bertz CT molecular complexity index is 541. The molecule has 0 saturated carbocycles. The molecule has 4 heteroatoms. The number of hydrogen-bond acceptors (Lipinski definition) is 1. The Morgan fingerprint density at radius 2 is 1.94 bits per heavy atom. The lowest BCUT2D eigenvalue weighted by atomic mass is 10.0. The van der Waals surface area contributed by atoms with Gasteiger partial charge in [-0.1, -0.05) is 35.3 Å². The minimum Gasteiger partial charge on any atom is -0.507 e. The van der Waals surface area contributed by atoms with Gasteiger partial charge in [0.25, 0.3) is 0 Å². The zero-order valence-corrected chi connectivity index (χ0v) is 9.48. The van der Waals surface area contributed by atoms with Crippen molar-refractivity contribution in [2.45, 2.75) is 0 Å². The molecule has 0 amide bonds. The van der Waals surface area contributed by atoms with Crippen LogP contribution in [0.15, 0.2) is 30.3 Å². The van der Waals surface area contributed by atoms with Crippen LogP contribution in [0.2, 0.25) is 10.0 Å². The van der Waals surface area contributed by atoms with E-state index in [1.54, 1.807) is 24.3 Å². The van der Waals surface area contributed by atoms with Gasteiger partial charge in [0, 0.05) is 10.6 Å². The second-order valence-electron chi connectivity index (χ2n) is 3.21. The third kappa shape index (κ3) is 2.13. The maximum Gasteiger partial charge on any atom is 0.150 e. The van der Waals surface area contributed by atoms with Gasteiger partial charge in [-0.25, -0.2) is 4.39 Å². The van der Waals surface area contributed by atoms with Crippen LogP contribution < -0.4 is 0 Å². The Morgan fingerprint density at radius 1 is 1.19 bits per heavy atom. The molecular weight excluding hydrogens is 250 g/mol. The molecule has 0 spiro atoms. The van der Waals surface area contributed by atoms with Crippen LogP contribution in [0.3, 0.4) is 0 Å². The summed E-state index contributed by atoms with van der Waals surface area (Å²) < 4.78 is 13.7. The highest BCUT2D eigenvalue weighted by Crippen LogP contribution is 2.32. The predicted molar refractivity (Wildman–Crippen MR) is 62.4 cm³/mol. The second kappa shape index (κ2) is 4.32. The van der Waals surface area contributed by atoms with Gasteiger partial charge in [-0.2, -0.15) is 0 Å². The van der Waals surface area contributed by atoms with Crippen molar-refractivity contribution in [3.8, 4) is 16.9 Å². The standard InChI is InChI=1S/C12H6Cl2FO/c13-8-3-1-2-7(4-8)10-5-9(16)6-11(14)12(10)15/h1-5,16H. The van der Waals surface area contributed by atoms with Crippen LogP contribution in [-0.4, -0.2) is 5.11 Å². The van der Waals surface area contributed by atoms with Crippen molar-refractivity contribution >= 4 is 23.2 Å². The fourth-order valence-corrected chi connectivity index (χ4v) is 1.78. The molecule has 16 heavy (non-hydrogen) atoms. The first-order chi connectivity index (χ1) is 7.58. The summed E-state index contributed by atoms with van der Waals surface area (Å²) in [6, 6.07) is 10.2. The Morgan fingerprint density at radius 3 is 2.62 bits per heavy atom. The number of phenols is 1. The average molecular weight is 256 g/mol. The summed E-state index contributed by atoms with van der Waals surface area (Å²) in [5.74, 6) is -0.830. The molecule has 1 nitrogen and oxygen atoms in total. The van der Waals surface area contributed by atoms with Crippen LogP contribution in [0.5, 0.6) is 5.75 Å². The van der Waals surface area contributed by atoms with E-state index in [1.807, 2.05) is 0 Å². The maximum absolute atomic E-state index is 13.7. The average Bonchev–Trinajstić information content (AvgIpc) is 2.23. The molecule has 0 aliphatic rings. The van der Waals surface area contributed by atoms with Crippen LogP contribution in [0, 0.1) is 11.9 Å². The van der Waals surface area contributed by atoms with Crippen molar-refractivity contribution in [2.75, 3.05) is 0 Å². The van der Waals surface area contributed by atoms with Gasteiger partial charge < -0.3 is 5.11 Å². The zero-order chi connectivity index (χ0) is 11.7. The van der Waals surface area contributed by atoms with Gasteiger partial charge in [-0.3, -0.25) is 0 Å². The van der Waals surface area contributed by atoms with E-state index in [9.17, 15) is 9.50 Å². The molecule has 2 rings (SSSR count). The van der Waals surface area contributed by atoms with Gasteiger partial charge in [0.15, 0.2) is 5.82 Å². The quantitative estimate of drug-likeness (QED) is 0.806. The van der Waals surface area contributed by atoms with E-state index in [4.69, 9.17) is 23.2 Å². The summed E-state index contributed by atoms with van der Waals surface area (Å²) in [6.07, 6.45) is 0. The van der Waals surface area contributed by atoms with E-state index in [0.717, 1.165) is 0 Å². The summed E-state index contributed by atoms with van der Waals surface area (Å²) in [5, 5.41) is 9.55. The Kier molecular flexibility index (Phi) is 3.03. The fraction of sp³-hybridized carbons (Fsp3) is 0. The van der Waals surface area contributed by atoms with Crippen LogP contribution in [0.4, 0.5) is 4.39 Å². The first-order valence-corrected chi connectivity index (χ1v) is 5.20. The molecule has 2 aromatic rings. The summed E-state index contributed by atoms with van der Waals surface area (Å²) in [5.41, 5.74) is 0.750. The van der Waals surface area contributed by atoms with Crippen LogP contribution in [0.25, 0.3) is 11.1 Å². The number of rotatable bonds is 1. The van der Waals surface area contributed by atoms with Crippen molar-refractivity contribution in [1.82, 2.24) is 0 Å². The molecule has 2 aromatic carbocycles. The molecule has 0 bridgehead atoms. The molecule has 0 atom stereocenters. The Labute approximate surface area is 102 Å². The maximum atomic E-state index is 13.7. The fourth-order valence-electron chi connectivity index (χ4n) is 1.39. The van der Waals surface area contributed by atoms with E-state index in [0.29, 0.717) is 10.6 Å². The van der Waals surface area contributed by atoms with Gasteiger partial charge in [0.1, 0.15) is 5.75 Å². The first-order valence-electron chi connectivity index (χ1n) is 4.44. The summed E-state index contributed by atoms with van der Waals surface area (Å²) >= 11 is 11.4. The normalized spacial score (nSPS) is 10.4. The molecular formula is C12H6Cl2FO. The highest BCUT2D eigenvalue weighted by Gasteiger charge is 2.11. The summed E-state index contributed by atoms with van der Waals surface area (Å²) in [7, 11) is 0. The van der Waals surface area contributed by atoms with Gasteiger partial charge in [-0.15, -0.1) is 0 Å². The molecule has 1 N–H and O–H groups in total. The highest BCUT2D eigenvalue weighted by atomic mass is 35.5. The predicted octanol–water partition coefficient (Wildman–Crippen LogP) is 4.31. The first kappa shape index (κ1) is 11.2. The number of phenolic OH excluding ortho intramolecular Hbond substituents is 1. The summed E-state index contributed by atoms with van der Waals surface area (Å²) in [6.45, 7) is 0. The van der Waals surface area contributed by atoms with Gasteiger partial charge >= 0.3 is 0 Å². The van der Waals surface area contributed by atoms with Gasteiger partial charge in [-0.05, 0) is 23.8 Å². The number of hydrogen-bond donors (Lipinski definition) is 1.